The van der Waals surface area contributed by atoms with Gasteiger partial charge in [0.05, 0.1) is 24.6 Å². The van der Waals surface area contributed by atoms with Crippen molar-refractivity contribution in [1.82, 2.24) is 0 Å². The van der Waals surface area contributed by atoms with Gasteiger partial charge in [0.1, 0.15) is 5.82 Å². The summed E-state index contributed by atoms with van der Waals surface area (Å²) in [5, 5.41) is 6.41. The first-order chi connectivity index (χ1) is 9.58. The number of nitrogens with zero attached hydrogens (tertiary/aromatic N) is 2. The van der Waals surface area contributed by atoms with Crippen molar-refractivity contribution in [3.8, 4) is 0 Å². The number of morpholine rings is 1. The molecule has 1 heterocycles. The lowest BCUT2D eigenvalue weighted by atomic mass is 10.1. The molecular weight excluding hydrogens is 261 g/mol. The molecule has 0 radical (unpaired) electrons. The van der Waals surface area contributed by atoms with Crippen LogP contribution in [-0.4, -0.2) is 38.0 Å². The molecule has 0 unspecified atom stereocenters. The molecule has 5 N–H and O–H groups in total. The quantitative estimate of drug-likeness (QED) is 0.366. The zero-order chi connectivity index (χ0) is 14.5. The molecule has 1 fully saturated rings. The second-order valence-electron chi connectivity index (χ2n) is 4.53. The van der Waals surface area contributed by atoms with E-state index in [0.29, 0.717) is 43.3 Å². The lowest BCUT2D eigenvalue weighted by Gasteiger charge is -2.29. The van der Waals surface area contributed by atoms with E-state index in [1.165, 1.54) is 6.07 Å². The van der Waals surface area contributed by atoms with Crippen molar-refractivity contribution in [3.63, 3.8) is 0 Å². The maximum absolute atomic E-state index is 14.2. The Bertz CT molecular complexity index is 534. The molecular formula is C13H19FN5O+. The van der Waals surface area contributed by atoms with Crippen LogP contribution in [0.25, 0.3) is 0 Å². The average Bonchev–Trinajstić information content (AvgIpc) is 2.45. The second-order valence-corrected chi connectivity index (χ2v) is 4.53. The molecule has 1 aromatic rings. The minimum Gasteiger partial charge on any atom is -0.378 e. The SMILES string of the molecule is C/C(=N/[NH+]=C(N)N)c1ccc(N2CCOCC2)c(F)c1. The van der Waals surface area contributed by atoms with Crippen LogP contribution < -0.4 is 21.5 Å². The van der Waals surface area contributed by atoms with E-state index in [4.69, 9.17) is 16.2 Å². The van der Waals surface area contributed by atoms with Crippen LogP contribution in [0.2, 0.25) is 0 Å². The van der Waals surface area contributed by atoms with Crippen LogP contribution in [0.5, 0.6) is 0 Å². The zero-order valence-electron chi connectivity index (χ0n) is 11.4. The first-order valence-electron chi connectivity index (χ1n) is 6.38. The maximum Gasteiger partial charge on any atom is 0.362 e. The lowest BCUT2D eigenvalue weighted by Crippen LogP contribution is -2.72. The fourth-order valence-electron chi connectivity index (χ4n) is 2.01. The highest BCUT2D eigenvalue weighted by molar-refractivity contribution is 5.98. The predicted octanol–water partition coefficient (Wildman–Crippen LogP) is -1.26. The van der Waals surface area contributed by atoms with E-state index in [1.54, 1.807) is 13.0 Å². The third-order valence-electron chi connectivity index (χ3n) is 3.07. The number of hydrogen-bond acceptors (Lipinski definition) is 3. The molecule has 1 aliphatic heterocycles. The van der Waals surface area contributed by atoms with Gasteiger partial charge in [0.15, 0.2) is 0 Å². The minimum absolute atomic E-state index is 0.00485. The fraction of sp³-hybridized carbons (Fsp3) is 0.385. The summed E-state index contributed by atoms with van der Waals surface area (Å²) >= 11 is 0. The number of guanidine groups is 1. The van der Waals surface area contributed by atoms with Gasteiger partial charge in [-0.3, -0.25) is 11.5 Å². The molecule has 7 heteroatoms. The standard InChI is InChI=1S/C13H18FN5O/c1-9(17-18-13(15)16)10-2-3-12(11(14)8-10)19-4-6-20-7-5-19/h2-3,8H,4-7H2,1H3,(H4,15,16,18)/p+1/b17-9-. The normalized spacial score (nSPS) is 16.1. The van der Waals surface area contributed by atoms with Crippen molar-refractivity contribution in [2.45, 2.75) is 6.92 Å². The summed E-state index contributed by atoms with van der Waals surface area (Å²) in [5.74, 6) is -0.279. The number of benzene rings is 1. The van der Waals surface area contributed by atoms with Crippen LogP contribution in [0, 0.1) is 5.82 Å². The molecule has 108 valence electrons. The summed E-state index contributed by atoms with van der Waals surface area (Å²) in [6.45, 7) is 4.39. The van der Waals surface area contributed by atoms with Crippen molar-refractivity contribution in [2.75, 3.05) is 31.2 Å². The van der Waals surface area contributed by atoms with E-state index in [1.807, 2.05) is 11.0 Å². The Labute approximate surface area is 116 Å². The van der Waals surface area contributed by atoms with Gasteiger partial charge in [-0.15, -0.1) is 5.10 Å². The Morgan fingerprint density at radius 3 is 2.65 bits per heavy atom. The molecule has 0 amide bonds. The van der Waals surface area contributed by atoms with Gasteiger partial charge in [0.2, 0.25) is 0 Å². The largest absolute Gasteiger partial charge is 0.378 e. The van der Waals surface area contributed by atoms with E-state index < -0.39 is 0 Å². The summed E-state index contributed by atoms with van der Waals surface area (Å²) in [6, 6.07) is 5.03. The minimum atomic E-state index is -0.274. The Hall–Kier alpha value is -2.15. The van der Waals surface area contributed by atoms with Crippen molar-refractivity contribution >= 4 is 17.4 Å². The summed E-state index contributed by atoms with van der Waals surface area (Å²) in [4.78, 5) is 1.97. The zero-order valence-corrected chi connectivity index (χ0v) is 11.4. The summed E-state index contributed by atoms with van der Waals surface area (Å²) < 4.78 is 19.4. The topological polar surface area (TPSA) is 90.8 Å². The van der Waals surface area contributed by atoms with Gasteiger partial charge in [-0.1, -0.05) is 6.07 Å². The van der Waals surface area contributed by atoms with Gasteiger partial charge in [-0.05, 0) is 19.1 Å². The Morgan fingerprint density at radius 2 is 2.05 bits per heavy atom. The number of halogens is 1. The van der Waals surface area contributed by atoms with E-state index in [-0.39, 0.29) is 11.8 Å². The van der Waals surface area contributed by atoms with Crippen molar-refractivity contribution in [2.24, 2.45) is 16.6 Å². The molecule has 0 atom stereocenters. The van der Waals surface area contributed by atoms with Crippen LogP contribution in [-0.2, 0) is 4.74 Å². The molecule has 0 saturated carbocycles. The smallest absolute Gasteiger partial charge is 0.362 e. The van der Waals surface area contributed by atoms with Crippen molar-refractivity contribution in [1.29, 1.82) is 0 Å². The summed E-state index contributed by atoms with van der Waals surface area (Å²) in [6.07, 6.45) is 0. The Kier molecular flexibility index (Phi) is 4.52. The van der Waals surface area contributed by atoms with E-state index in [0.717, 1.165) is 0 Å². The molecule has 6 nitrogen and oxygen atoms in total. The molecule has 1 aromatic carbocycles. The van der Waals surface area contributed by atoms with Crippen LogP contribution >= 0.6 is 0 Å². The highest BCUT2D eigenvalue weighted by Crippen LogP contribution is 2.21. The Balaban J connectivity index is 2.21. The molecule has 1 saturated heterocycles. The number of hydrogen-bond donors (Lipinski definition) is 3. The number of hydrazone groups is 1. The highest BCUT2D eigenvalue weighted by atomic mass is 19.1. The third-order valence-corrected chi connectivity index (χ3v) is 3.07. The number of anilines is 1. The summed E-state index contributed by atoms with van der Waals surface area (Å²) in [5.41, 5.74) is 12.4. The van der Waals surface area contributed by atoms with Crippen LogP contribution in [0.3, 0.4) is 0 Å². The monoisotopic (exact) mass is 280 g/mol. The van der Waals surface area contributed by atoms with Crippen molar-refractivity contribution < 1.29 is 14.2 Å². The first-order valence-corrected chi connectivity index (χ1v) is 6.38. The number of ether oxygens (including phenoxy) is 1. The van der Waals surface area contributed by atoms with Gasteiger partial charge in [0, 0.05) is 18.7 Å². The second kappa shape index (κ2) is 6.33. The summed E-state index contributed by atoms with van der Waals surface area (Å²) in [7, 11) is 0. The van der Waals surface area contributed by atoms with E-state index >= 15 is 0 Å². The molecule has 0 aromatic heterocycles. The maximum atomic E-state index is 14.2. The first kappa shape index (κ1) is 14.3. The number of nitrogens with two attached hydrogens (primary N) is 2. The lowest BCUT2D eigenvalue weighted by molar-refractivity contribution is -0.464. The van der Waals surface area contributed by atoms with Crippen molar-refractivity contribution in [3.05, 3.63) is 29.6 Å². The van der Waals surface area contributed by atoms with Gasteiger partial charge < -0.3 is 9.64 Å². The van der Waals surface area contributed by atoms with Gasteiger partial charge >= 0.3 is 5.96 Å². The number of rotatable bonds is 3. The molecule has 2 rings (SSSR count). The van der Waals surface area contributed by atoms with E-state index in [2.05, 4.69) is 10.2 Å². The predicted molar refractivity (Wildman–Crippen MR) is 76.0 cm³/mol. The molecule has 20 heavy (non-hydrogen) atoms. The Morgan fingerprint density at radius 1 is 1.35 bits per heavy atom. The number of nitrogens with one attached hydrogen (secondary N) is 1. The molecule has 0 bridgehead atoms. The van der Waals surface area contributed by atoms with Crippen LogP contribution in [0.15, 0.2) is 23.3 Å². The molecule has 0 aliphatic carbocycles. The van der Waals surface area contributed by atoms with Gasteiger partial charge in [-0.25, -0.2) is 4.39 Å². The van der Waals surface area contributed by atoms with Crippen LogP contribution in [0.1, 0.15) is 12.5 Å². The van der Waals surface area contributed by atoms with E-state index in [9.17, 15) is 4.39 Å². The average molecular weight is 280 g/mol. The van der Waals surface area contributed by atoms with Crippen LogP contribution in [0.4, 0.5) is 10.1 Å². The van der Waals surface area contributed by atoms with Gasteiger partial charge in [-0.2, -0.15) is 5.10 Å². The van der Waals surface area contributed by atoms with Gasteiger partial charge in [0.25, 0.3) is 0 Å². The highest BCUT2D eigenvalue weighted by Gasteiger charge is 2.15. The molecule has 1 aliphatic rings. The fourth-order valence-corrected chi connectivity index (χ4v) is 2.01. The third kappa shape index (κ3) is 3.45. The molecule has 0 spiro atoms.